The van der Waals surface area contributed by atoms with Crippen LogP contribution in [0.3, 0.4) is 0 Å². The summed E-state index contributed by atoms with van der Waals surface area (Å²) in [5.41, 5.74) is 0.751. The van der Waals surface area contributed by atoms with E-state index in [0.717, 1.165) is 31.7 Å². The van der Waals surface area contributed by atoms with Crippen LogP contribution in [0.15, 0.2) is 18.2 Å². The quantitative estimate of drug-likeness (QED) is 0.876. The van der Waals surface area contributed by atoms with Gasteiger partial charge in [0.2, 0.25) is 0 Å². The molecule has 1 unspecified atom stereocenters. The molecule has 1 N–H and O–H groups in total. The molecule has 1 aliphatic heterocycles. The van der Waals surface area contributed by atoms with Crippen molar-refractivity contribution in [3.8, 4) is 6.07 Å². The first kappa shape index (κ1) is 12.3. The summed E-state index contributed by atoms with van der Waals surface area (Å²) in [7, 11) is 0. The Hall–Kier alpha value is -1.15. The van der Waals surface area contributed by atoms with E-state index in [9.17, 15) is 9.65 Å². The van der Waals surface area contributed by atoms with Gasteiger partial charge in [0, 0.05) is 26.2 Å². The lowest BCUT2D eigenvalue weighted by atomic mass is 10.1. The van der Waals surface area contributed by atoms with Crippen LogP contribution in [0.4, 0.5) is 4.39 Å². The Bertz CT molecular complexity index is 438. The van der Waals surface area contributed by atoms with E-state index in [1.165, 1.54) is 12.1 Å². The maximum absolute atomic E-state index is 13.1. The lowest BCUT2D eigenvalue weighted by molar-refractivity contribution is 0.207. The predicted molar refractivity (Wildman–Crippen MR) is 64.2 cm³/mol. The van der Waals surface area contributed by atoms with Gasteiger partial charge in [-0.2, -0.15) is 5.26 Å². The molecule has 1 fully saturated rings. The number of hydrogen-bond donors (Lipinski definition) is 1. The molecule has 0 aliphatic carbocycles. The van der Waals surface area contributed by atoms with Crippen molar-refractivity contribution in [3.63, 3.8) is 0 Å². The second-order valence-corrected chi connectivity index (χ2v) is 4.40. The van der Waals surface area contributed by atoms with Crippen molar-refractivity contribution in [2.24, 2.45) is 0 Å². The molecule has 2 rings (SSSR count). The van der Waals surface area contributed by atoms with Crippen LogP contribution in [-0.4, -0.2) is 31.1 Å². The molecule has 90 valence electrons. The Balaban J connectivity index is 2.22. The zero-order chi connectivity index (χ0) is 12.3. The molecule has 1 saturated heterocycles. The Morgan fingerprint density at radius 1 is 1.41 bits per heavy atom. The maximum atomic E-state index is 13.1. The van der Waals surface area contributed by atoms with Crippen LogP contribution in [0.25, 0.3) is 0 Å². The number of benzene rings is 1. The minimum Gasteiger partial charge on any atom is -0.314 e. The minimum absolute atomic E-state index is 0.0675. The zero-order valence-electron chi connectivity index (χ0n) is 9.29. The van der Waals surface area contributed by atoms with E-state index in [0.29, 0.717) is 0 Å². The lowest BCUT2D eigenvalue weighted by Crippen LogP contribution is -2.44. The summed E-state index contributed by atoms with van der Waals surface area (Å²) in [6.45, 7) is 3.36. The molecule has 1 aliphatic rings. The van der Waals surface area contributed by atoms with Crippen molar-refractivity contribution >= 4 is 11.6 Å². The normalized spacial score (nSPS) is 18.6. The van der Waals surface area contributed by atoms with Gasteiger partial charge in [0.15, 0.2) is 0 Å². The molecular formula is C12H13ClFN3. The molecule has 1 aromatic rings. The van der Waals surface area contributed by atoms with Gasteiger partial charge in [-0.25, -0.2) is 4.39 Å². The molecule has 5 heteroatoms. The highest BCUT2D eigenvalue weighted by molar-refractivity contribution is 6.30. The molecule has 0 amide bonds. The molecule has 1 atom stereocenters. The topological polar surface area (TPSA) is 39.1 Å². The van der Waals surface area contributed by atoms with Crippen LogP contribution in [0.2, 0.25) is 5.02 Å². The fraction of sp³-hybridized carbons (Fsp3) is 0.417. The van der Waals surface area contributed by atoms with E-state index >= 15 is 0 Å². The summed E-state index contributed by atoms with van der Waals surface area (Å²) in [5.74, 6) is -0.451. The highest BCUT2D eigenvalue weighted by atomic mass is 35.5. The van der Waals surface area contributed by atoms with E-state index in [1.54, 1.807) is 6.07 Å². The van der Waals surface area contributed by atoms with Gasteiger partial charge in [-0.15, -0.1) is 0 Å². The number of nitriles is 1. The summed E-state index contributed by atoms with van der Waals surface area (Å²) in [4.78, 5) is 2.07. The Kier molecular flexibility index (Phi) is 3.95. The van der Waals surface area contributed by atoms with Crippen molar-refractivity contribution < 1.29 is 4.39 Å². The fourth-order valence-corrected chi connectivity index (χ4v) is 2.18. The number of hydrogen-bond acceptors (Lipinski definition) is 3. The smallest absolute Gasteiger partial charge is 0.141 e. The summed E-state index contributed by atoms with van der Waals surface area (Å²) >= 11 is 5.74. The minimum atomic E-state index is -0.451. The molecule has 0 aromatic heterocycles. The second kappa shape index (κ2) is 5.46. The number of rotatable bonds is 2. The summed E-state index contributed by atoms with van der Waals surface area (Å²) in [6.07, 6.45) is 0. The highest BCUT2D eigenvalue weighted by Crippen LogP contribution is 2.24. The SMILES string of the molecule is N#CC(c1ccc(F)c(Cl)c1)N1CCNCC1. The van der Waals surface area contributed by atoms with Gasteiger partial charge >= 0.3 is 0 Å². The van der Waals surface area contributed by atoms with Gasteiger partial charge in [-0.3, -0.25) is 4.90 Å². The molecule has 17 heavy (non-hydrogen) atoms. The standard InChI is InChI=1S/C12H13ClFN3/c13-10-7-9(1-2-11(10)14)12(8-15)17-5-3-16-4-6-17/h1-2,7,12,16H,3-6H2. The van der Waals surface area contributed by atoms with E-state index in [-0.39, 0.29) is 11.1 Å². The van der Waals surface area contributed by atoms with Gasteiger partial charge in [-0.05, 0) is 17.7 Å². The Morgan fingerprint density at radius 3 is 2.71 bits per heavy atom. The average Bonchev–Trinajstić information content (AvgIpc) is 2.36. The number of piperazine rings is 1. The molecule has 0 radical (unpaired) electrons. The van der Waals surface area contributed by atoms with Gasteiger partial charge in [0.25, 0.3) is 0 Å². The highest BCUT2D eigenvalue weighted by Gasteiger charge is 2.22. The molecule has 1 aromatic carbocycles. The first-order valence-corrected chi connectivity index (χ1v) is 5.89. The van der Waals surface area contributed by atoms with Crippen LogP contribution in [0, 0.1) is 17.1 Å². The zero-order valence-corrected chi connectivity index (χ0v) is 10.0. The van der Waals surface area contributed by atoms with E-state index < -0.39 is 5.82 Å². The van der Waals surface area contributed by atoms with E-state index in [4.69, 9.17) is 11.6 Å². The van der Waals surface area contributed by atoms with Gasteiger partial charge < -0.3 is 5.32 Å². The number of nitrogens with one attached hydrogen (secondary N) is 1. The monoisotopic (exact) mass is 253 g/mol. The van der Waals surface area contributed by atoms with Crippen LogP contribution >= 0.6 is 11.6 Å². The molecule has 0 spiro atoms. The summed E-state index contributed by atoms with van der Waals surface area (Å²) in [6, 6.07) is 6.37. The lowest BCUT2D eigenvalue weighted by Gasteiger charge is -2.31. The Morgan fingerprint density at radius 2 is 2.12 bits per heavy atom. The summed E-state index contributed by atoms with van der Waals surface area (Å²) in [5, 5.41) is 12.5. The van der Waals surface area contributed by atoms with E-state index in [1.807, 2.05) is 0 Å². The van der Waals surface area contributed by atoms with Crippen molar-refractivity contribution in [1.82, 2.24) is 10.2 Å². The van der Waals surface area contributed by atoms with Crippen molar-refractivity contribution in [2.45, 2.75) is 6.04 Å². The average molecular weight is 254 g/mol. The molecule has 1 heterocycles. The third-order valence-corrected chi connectivity index (χ3v) is 3.19. The van der Waals surface area contributed by atoms with Crippen LogP contribution < -0.4 is 5.32 Å². The molecule has 0 bridgehead atoms. The van der Waals surface area contributed by atoms with Crippen molar-refractivity contribution in [3.05, 3.63) is 34.6 Å². The number of halogens is 2. The fourth-order valence-electron chi connectivity index (χ4n) is 1.99. The largest absolute Gasteiger partial charge is 0.314 e. The summed E-state index contributed by atoms with van der Waals surface area (Å²) < 4.78 is 13.1. The van der Waals surface area contributed by atoms with Crippen molar-refractivity contribution in [2.75, 3.05) is 26.2 Å². The third kappa shape index (κ3) is 2.75. The molecular weight excluding hydrogens is 241 g/mol. The molecule has 0 saturated carbocycles. The first-order valence-electron chi connectivity index (χ1n) is 5.51. The van der Waals surface area contributed by atoms with Gasteiger partial charge in [0.05, 0.1) is 11.1 Å². The van der Waals surface area contributed by atoms with Crippen LogP contribution in [-0.2, 0) is 0 Å². The van der Waals surface area contributed by atoms with Crippen LogP contribution in [0.1, 0.15) is 11.6 Å². The van der Waals surface area contributed by atoms with Crippen LogP contribution in [0.5, 0.6) is 0 Å². The van der Waals surface area contributed by atoms with E-state index in [2.05, 4.69) is 16.3 Å². The van der Waals surface area contributed by atoms with Crippen molar-refractivity contribution in [1.29, 1.82) is 5.26 Å². The number of nitrogens with zero attached hydrogens (tertiary/aromatic N) is 2. The molecule has 3 nitrogen and oxygen atoms in total. The predicted octanol–water partition coefficient (Wildman–Crippen LogP) is 1.95. The van der Waals surface area contributed by atoms with Gasteiger partial charge in [0.1, 0.15) is 11.9 Å². The Labute approximate surface area is 105 Å². The third-order valence-electron chi connectivity index (χ3n) is 2.90. The first-order chi connectivity index (χ1) is 8.22. The van der Waals surface area contributed by atoms with Gasteiger partial charge in [-0.1, -0.05) is 17.7 Å². The second-order valence-electron chi connectivity index (χ2n) is 3.99. The maximum Gasteiger partial charge on any atom is 0.141 e.